The SMILES string of the molecule is CCOc1ccc2c(c1)[C@@H](N)CC2(C)C. The Labute approximate surface area is 91.4 Å². The fourth-order valence-electron chi connectivity index (χ4n) is 2.49. The van der Waals surface area contributed by atoms with Crippen LogP contribution in [0.2, 0.25) is 0 Å². The summed E-state index contributed by atoms with van der Waals surface area (Å²) in [6.45, 7) is 7.20. The first-order valence-electron chi connectivity index (χ1n) is 5.57. The molecule has 1 atom stereocenters. The number of benzene rings is 1. The first-order chi connectivity index (χ1) is 7.04. The molecular weight excluding hydrogens is 186 g/mol. The first-order valence-corrected chi connectivity index (χ1v) is 5.57. The lowest BCUT2D eigenvalue weighted by atomic mass is 9.86. The Balaban J connectivity index is 2.41. The van der Waals surface area contributed by atoms with Crippen molar-refractivity contribution in [2.24, 2.45) is 5.73 Å². The van der Waals surface area contributed by atoms with Gasteiger partial charge in [-0.2, -0.15) is 0 Å². The summed E-state index contributed by atoms with van der Waals surface area (Å²) >= 11 is 0. The Morgan fingerprint density at radius 3 is 2.87 bits per heavy atom. The van der Waals surface area contributed by atoms with Gasteiger partial charge in [0.1, 0.15) is 5.75 Å². The van der Waals surface area contributed by atoms with Gasteiger partial charge in [0.05, 0.1) is 6.61 Å². The van der Waals surface area contributed by atoms with Crippen LogP contribution < -0.4 is 10.5 Å². The summed E-state index contributed by atoms with van der Waals surface area (Å²) in [5, 5.41) is 0. The van der Waals surface area contributed by atoms with E-state index in [0.29, 0.717) is 6.61 Å². The molecule has 0 radical (unpaired) electrons. The van der Waals surface area contributed by atoms with Crippen LogP contribution in [0.5, 0.6) is 5.75 Å². The minimum absolute atomic E-state index is 0.162. The molecule has 0 spiro atoms. The molecule has 2 rings (SSSR count). The van der Waals surface area contributed by atoms with Crippen LogP contribution in [0, 0.1) is 0 Å². The van der Waals surface area contributed by atoms with Gasteiger partial charge in [0, 0.05) is 6.04 Å². The van der Waals surface area contributed by atoms with Crippen LogP contribution in [-0.4, -0.2) is 6.61 Å². The van der Waals surface area contributed by atoms with E-state index in [4.69, 9.17) is 10.5 Å². The lowest BCUT2D eigenvalue weighted by molar-refractivity contribution is 0.339. The average molecular weight is 205 g/mol. The molecule has 0 heterocycles. The highest BCUT2D eigenvalue weighted by atomic mass is 16.5. The standard InChI is InChI=1S/C13H19NO/c1-4-15-9-5-6-11-10(7-9)12(14)8-13(11,2)3/h5-7,12H,4,8,14H2,1-3H3/t12-/m0/s1. The molecule has 1 aromatic carbocycles. The van der Waals surface area contributed by atoms with Crippen molar-refractivity contribution in [2.45, 2.75) is 38.6 Å². The smallest absolute Gasteiger partial charge is 0.119 e. The number of hydrogen-bond acceptors (Lipinski definition) is 2. The van der Waals surface area contributed by atoms with Crippen LogP contribution in [0.15, 0.2) is 18.2 Å². The summed E-state index contributed by atoms with van der Waals surface area (Å²) in [5.74, 6) is 0.935. The number of hydrogen-bond donors (Lipinski definition) is 1. The second-order valence-electron chi connectivity index (χ2n) is 4.88. The Morgan fingerprint density at radius 1 is 1.47 bits per heavy atom. The summed E-state index contributed by atoms with van der Waals surface area (Å²) in [6, 6.07) is 6.46. The van der Waals surface area contributed by atoms with Gasteiger partial charge < -0.3 is 10.5 Å². The van der Waals surface area contributed by atoms with E-state index in [9.17, 15) is 0 Å². The van der Waals surface area contributed by atoms with E-state index in [0.717, 1.165) is 12.2 Å². The van der Waals surface area contributed by atoms with Crippen molar-refractivity contribution < 1.29 is 4.74 Å². The van der Waals surface area contributed by atoms with Gasteiger partial charge in [-0.15, -0.1) is 0 Å². The molecule has 82 valence electrons. The molecule has 1 aliphatic rings. The van der Waals surface area contributed by atoms with Gasteiger partial charge in [-0.3, -0.25) is 0 Å². The second-order valence-corrected chi connectivity index (χ2v) is 4.88. The maximum absolute atomic E-state index is 6.13. The van der Waals surface area contributed by atoms with Gasteiger partial charge >= 0.3 is 0 Å². The van der Waals surface area contributed by atoms with E-state index < -0.39 is 0 Å². The van der Waals surface area contributed by atoms with Crippen molar-refractivity contribution in [2.75, 3.05) is 6.61 Å². The van der Waals surface area contributed by atoms with Crippen LogP contribution >= 0.6 is 0 Å². The van der Waals surface area contributed by atoms with E-state index in [1.807, 2.05) is 13.0 Å². The molecule has 2 nitrogen and oxygen atoms in total. The molecule has 0 aromatic heterocycles. The third-order valence-electron chi connectivity index (χ3n) is 3.19. The predicted octanol–water partition coefficient (Wildman–Crippen LogP) is 2.77. The maximum Gasteiger partial charge on any atom is 0.119 e. The number of fused-ring (bicyclic) bond motifs is 1. The maximum atomic E-state index is 6.13. The van der Waals surface area contributed by atoms with Gasteiger partial charge in [0.15, 0.2) is 0 Å². The molecule has 2 heteroatoms. The van der Waals surface area contributed by atoms with Gasteiger partial charge in [-0.05, 0) is 42.0 Å². The summed E-state index contributed by atoms with van der Waals surface area (Å²) in [4.78, 5) is 0. The Morgan fingerprint density at radius 2 is 2.20 bits per heavy atom. The normalized spacial score (nSPS) is 22.5. The third kappa shape index (κ3) is 1.74. The largest absolute Gasteiger partial charge is 0.494 e. The molecule has 0 fully saturated rings. The minimum Gasteiger partial charge on any atom is -0.494 e. The van der Waals surface area contributed by atoms with Crippen LogP contribution in [-0.2, 0) is 5.41 Å². The molecule has 1 aliphatic carbocycles. The lowest BCUT2D eigenvalue weighted by Crippen LogP contribution is -2.14. The average Bonchev–Trinajstić information content (AvgIpc) is 2.38. The van der Waals surface area contributed by atoms with E-state index in [1.165, 1.54) is 11.1 Å². The second kappa shape index (κ2) is 3.53. The first kappa shape index (κ1) is 10.5. The highest BCUT2D eigenvalue weighted by Crippen LogP contribution is 2.44. The monoisotopic (exact) mass is 205 g/mol. The van der Waals surface area contributed by atoms with E-state index in [2.05, 4.69) is 26.0 Å². The Hall–Kier alpha value is -1.02. The van der Waals surface area contributed by atoms with Gasteiger partial charge in [-0.25, -0.2) is 0 Å². The molecule has 1 aromatic rings. The minimum atomic E-state index is 0.162. The quantitative estimate of drug-likeness (QED) is 0.805. The fourth-order valence-corrected chi connectivity index (χ4v) is 2.49. The van der Waals surface area contributed by atoms with Crippen molar-refractivity contribution in [3.8, 4) is 5.75 Å². The molecule has 0 unspecified atom stereocenters. The van der Waals surface area contributed by atoms with Crippen molar-refractivity contribution >= 4 is 0 Å². The molecule has 0 bridgehead atoms. The zero-order valence-electron chi connectivity index (χ0n) is 9.71. The fraction of sp³-hybridized carbons (Fsp3) is 0.538. The van der Waals surface area contributed by atoms with Crippen LogP contribution in [0.3, 0.4) is 0 Å². The topological polar surface area (TPSA) is 35.2 Å². The summed E-state index contributed by atoms with van der Waals surface area (Å²) in [7, 11) is 0. The number of rotatable bonds is 2. The van der Waals surface area contributed by atoms with E-state index in [1.54, 1.807) is 0 Å². The van der Waals surface area contributed by atoms with Crippen molar-refractivity contribution in [3.63, 3.8) is 0 Å². The van der Waals surface area contributed by atoms with Crippen LogP contribution in [0.25, 0.3) is 0 Å². The van der Waals surface area contributed by atoms with Crippen molar-refractivity contribution in [1.82, 2.24) is 0 Å². The predicted molar refractivity (Wildman–Crippen MR) is 62.2 cm³/mol. The highest BCUT2D eigenvalue weighted by Gasteiger charge is 2.34. The summed E-state index contributed by atoms with van der Waals surface area (Å²) in [6.07, 6.45) is 1.03. The van der Waals surface area contributed by atoms with Crippen LogP contribution in [0.1, 0.15) is 44.4 Å². The van der Waals surface area contributed by atoms with E-state index >= 15 is 0 Å². The van der Waals surface area contributed by atoms with Gasteiger partial charge in [-0.1, -0.05) is 19.9 Å². The highest BCUT2D eigenvalue weighted by molar-refractivity contribution is 5.45. The Kier molecular flexibility index (Phi) is 2.47. The molecule has 0 saturated heterocycles. The molecule has 2 N–H and O–H groups in total. The van der Waals surface area contributed by atoms with Crippen molar-refractivity contribution in [3.05, 3.63) is 29.3 Å². The molecule has 15 heavy (non-hydrogen) atoms. The third-order valence-corrected chi connectivity index (χ3v) is 3.19. The summed E-state index contributed by atoms with van der Waals surface area (Å²) in [5.41, 5.74) is 8.97. The molecular formula is C13H19NO. The van der Waals surface area contributed by atoms with Gasteiger partial charge in [0.25, 0.3) is 0 Å². The van der Waals surface area contributed by atoms with Gasteiger partial charge in [0.2, 0.25) is 0 Å². The molecule has 0 amide bonds. The van der Waals surface area contributed by atoms with E-state index in [-0.39, 0.29) is 11.5 Å². The Bertz CT molecular complexity index is 371. The molecule has 0 saturated carbocycles. The lowest BCUT2D eigenvalue weighted by Gasteiger charge is -2.18. The molecule has 0 aliphatic heterocycles. The van der Waals surface area contributed by atoms with Crippen LogP contribution in [0.4, 0.5) is 0 Å². The summed E-state index contributed by atoms with van der Waals surface area (Å²) < 4.78 is 5.49. The van der Waals surface area contributed by atoms with Crippen molar-refractivity contribution in [1.29, 1.82) is 0 Å². The zero-order chi connectivity index (χ0) is 11.1. The number of nitrogens with two attached hydrogens (primary N) is 1. The number of ether oxygens (including phenoxy) is 1. The zero-order valence-corrected chi connectivity index (χ0v) is 9.71.